The normalized spacial score (nSPS) is 21.4. The van der Waals surface area contributed by atoms with Crippen molar-refractivity contribution in [2.45, 2.75) is 39.0 Å². The van der Waals surface area contributed by atoms with E-state index in [1.165, 1.54) is 12.1 Å². The van der Waals surface area contributed by atoms with Crippen molar-refractivity contribution in [3.8, 4) is 0 Å². The summed E-state index contributed by atoms with van der Waals surface area (Å²) < 4.78 is 0. The Balaban J connectivity index is 2.27. The maximum atomic E-state index is 11.9. The van der Waals surface area contributed by atoms with E-state index in [9.17, 15) is 14.9 Å². The van der Waals surface area contributed by atoms with Gasteiger partial charge in [0.15, 0.2) is 0 Å². The Kier molecular flexibility index (Phi) is 3.20. The highest BCUT2D eigenvalue weighted by molar-refractivity contribution is 5.93. The van der Waals surface area contributed by atoms with Crippen molar-refractivity contribution in [2.24, 2.45) is 5.41 Å². The predicted molar refractivity (Wildman–Crippen MR) is 68.5 cm³/mol. The van der Waals surface area contributed by atoms with Crippen molar-refractivity contribution in [2.75, 3.05) is 0 Å². The highest BCUT2D eigenvalue weighted by atomic mass is 16.6. The van der Waals surface area contributed by atoms with E-state index in [0.29, 0.717) is 12.2 Å². The molecule has 96 valence electrons. The van der Waals surface area contributed by atoms with Gasteiger partial charge in [-0.3, -0.25) is 14.9 Å². The van der Waals surface area contributed by atoms with Crippen LogP contribution in [0.5, 0.6) is 0 Å². The van der Waals surface area contributed by atoms with Crippen LogP contribution in [0.4, 0.5) is 5.69 Å². The molecule has 0 radical (unpaired) electrons. The quantitative estimate of drug-likeness (QED) is 0.604. The van der Waals surface area contributed by atoms with Crippen molar-refractivity contribution in [1.29, 1.82) is 0 Å². The lowest BCUT2D eigenvalue weighted by molar-refractivity contribution is -0.384. The van der Waals surface area contributed by atoms with Crippen molar-refractivity contribution >= 4 is 11.5 Å². The molecule has 0 aromatic heterocycles. The van der Waals surface area contributed by atoms with Gasteiger partial charge in [-0.05, 0) is 18.4 Å². The van der Waals surface area contributed by atoms with Crippen LogP contribution in [-0.2, 0) is 4.79 Å². The van der Waals surface area contributed by atoms with Gasteiger partial charge < -0.3 is 0 Å². The first-order valence-electron chi connectivity index (χ1n) is 6.32. The number of rotatable bonds is 4. The average Bonchev–Trinajstić information content (AvgIpc) is 2.37. The summed E-state index contributed by atoms with van der Waals surface area (Å²) in [5.41, 5.74) is 0.905. The summed E-state index contributed by atoms with van der Waals surface area (Å²) >= 11 is 0. The van der Waals surface area contributed by atoms with E-state index >= 15 is 0 Å². The molecule has 1 atom stereocenters. The van der Waals surface area contributed by atoms with E-state index in [-0.39, 0.29) is 17.0 Å². The number of hydrogen-bond acceptors (Lipinski definition) is 3. The molecule has 1 aromatic rings. The zero-order valence-electron chi connectivity index (χ0n) is 10.7. The average molecular weight is 247 g/mol. The van der Waals surface area contributed by atoms with Gasteiger partial charge in [0.1, 0.15) is 5.78 Å². The molecule has 0 N–H and O–H groups in total. The summed E-state index contributed by atoms with van der Waals surface area (Å²) in [5, 5.41) is 10.6. The first-order valence-corrected chi connectivity index (χ1v) is 6.32. The molecule has 1 fully saturated rings. The van der Waals surface area contributed by atoms with Crippen LogP contribution < -0.4 is 0 Å². The third-order valence-electron chi connectivity index (χ3n) is 4.38. The topological polar surface area (TPSA) is 60.2 Å². The number of non-ortho nitro benzene ring substituents is 1. The third-order valence-corrected chi connectivity index (χ3v) is 4.38. The molecule has 4 nitrogen and oxygen atoms in total. The fraction of sp³-hybridized carbons (Fsp3) is 0.500. The Morgan fingerprint density at radius 1 is 1.28 bits per heavy atom. The molecule has 1 aliphatic rings. The van der Waals surface area contributed by atoms with Gasteiger partial charge in [0.2, 0.25) is 0 Å². The molecule has 0 spiro atoms. The summed E-state index contributed by atoms with van der Waals surface area (Å²) in [5.74, 6) is 0.552. The lowest BCUT2D eigenvalue weighted by Crippen LogP contribution is -2.47. The minimum Gasteiger partial charge on any atom is -0.299 e. The van der Waals surface area contributed by atoms with Gasteiger partial charge in [0.05, 0.1) is 4.92 Å². The molecule has 0 saturated heterocycles. The number of ketones is 1. The third kappa shape index (κ3) is 1.72. The molecular formula is C14H17NO3. The van der Waals surface area contributed by atoms with E-state index < -0.39 is 4.92 Å². The molecule has 1 unspecified atom stereocenters. The molecule has 18 heavy (non-hydrogen) atoms. The Bertz CT molecular complexity index is 474. The van der Waals surface area contributed by atoms with Gasteiger partial charge in [-0.25, -0.2) is 0 Å². The van der Waals surface area contributed by atoms with Crippen LogP contribution in [0, 0.1) is 15.5 Å². The van der Waals surface area contributed by atoms with E-state index in [1.807, 2.05) is 13.8 Å². The van der Waals surface area contributed by atoms with Gasteiger partial charge in [-0.1, -0.05) is 26.0 Å². The number of nitro groups is 1. The number of Topliss-reactive ketones (excluding diaryl/α,β-unsaturated/α-hetero) is 1. The first kappa shape index (κ1) is 12.7. The second kappa shape index (κ2) is 4.52. The predicted octanol–water partition coefficient (Wildman–Crippen LogP) is 3.46. The number of carbonyl (C=O) groups excluding carboxylic acids is 1. The Morgan fingerprint density at radius 2 is 1.83 bits per heavy atom. The zero-order chi connectivity index (χ0) is 13.3. The maximum absolute atomic E-state index is 11.9. The Morgan fingerprint density at radius 3 is 2.22 bits per heavy atom. The summed E-state index contributed by atoms with van der Waals surface area (Å²) in [6.45, 7) is 4.08. The van der Waals surface area contributed by atoms with Gasteiger partial charge >= 0.3 is 0 Å². The summed E-state index contributed by atoms with van der Waals surface area (Å²) in [6, 6.07) is 6.62. The van der Waals surface area contributed by atoms with Crippen molar-refractivity contribution in [3.05, 3.63) is 39.9 Å². The molecular weight excluding hydrogens is 230 g/mol. The van der Waals surface area contributed by atoms with Gasteiger partial charge in [0, 0.05) is 29.9 Å². The van der Waals surface area contributed by atoms with Gasteiger partial charge in [-0.15, -0.1) is 0 Å². The second-order valence-corrected chi connectivity index (χ2v) is 4.89. The molecule has 0 heterocycles. The van der Waals surface area contributed by atoms with Crippen LogP contribution in [-0.4, -0.2) is 10.7 Å². The largest absolute Gasteiger partial charge is 0.299 e. The lowest BCUT2D eigenvalue weighted by Gasteiger charge is -2.47. The minimum atomic E-state index is -0.400. The van der Waals surface area contributed by atoms with Gasteiger partial charge in [-0.2, -0.15) is 0 Å². The van der Waals surface area contributed by atoms with Crippen molar-refractivity contribution in [1.82, 2.24) is 0 Å². The highest BCUT2D eigenvalue weighted by Gasteiger charge is 2.52. The van der Waals surface area contributed by atoms with E-state index in [0.717, 1.165) is 18.4 Å². The summed E-state index contributed by atoms with van der Waals surface area (Å²) in [7, 11) is 0. The lowest BCUT2D eigenvalue weighted by atomic mass is 9.54. The molecule has 4 heteroatoms. The van der Waals surface area contributed by atoms with Crippen molar-refractivity contribution in [3.63, 3.8) is 0 Å². The number of carbonyl (C=O) groups is 1. The number of nitro benzene ring substituents is 1. The van der Waals surface area contributed by atoms with Crippen LogP contribution in [0.25, 0.3) is 0 Å². The van der Waals surface area contributed by atoms with Crippen LogP contribution in [0.2, 0.25) is 0 Å². The number of nitrogens with zero attached hydrogens (tertiary/aromatic N) is 1. The molecule has 1 saturated carbocycles. The van der Waals surface area contributed by atoms with Crippen LogP contribution in [0.3, 0.4) is 0 Å². The Hall–Kier alpha value is -1.71. The Labute approximate surface area is 106 Å². The standard InChI is InChI=1S/C14H17NO3/c1-3-14(4-2)12(9-13(14)16)10-5-7-11(8-6-10)15(17)18/h5-8,12H,3-4,9H2,1-2H3. The molecule has 0 bridgehead atoms. The molecule has 2 rings (SSSR count). The van der Waals surface area contributed by atoms with E-state index in [4.69, 9.17) is 0 Å². The molecule has 0 aliphatic heterocycles. The molecule has 1 aliphatic carbocycles. The van der Waals surface area contributed by atoms with E-state index in [2.05, 4.69) is 0 Å². The monoisotopic (exact) mass is 247 g/mol. The molecule has 1 aromatic carbocycles. The van der Waals surface area contributed by atoms with Crippen LogP contribution >= 0.6 is 0 Å². The van der Waals surface area contributed by atoms with E-state index in [1.54, 1.807) is 12.1 Å². The van der Waals surface area contributed by atoms with Crippen LogP contribution in [0.15, 0.2) is 24.3 Å². The molecule has 0 amide bonds. The van der Waals surface area contributed by atoms with Gasteiger partial charge in [0.25, 0.3) is 5.69 Å². The van der Waals surface area contributed by atoms with Crippen molar-refractivity contribution < 1.29 is 9.72 Å². The summed E-state index contributed by atoms with van der Waals surface area (Å²) in [4.78, 5) is 22.1. The second-order valence-electron chi connectivity index (χ2n) is 4.89. The maximum Gasteiger partial charge on any atom is 0.269 e. The number of hydrogen-bond donors (Lipinski definition) is 0. The minimum absolute atomic E-state index is 0.1000. The van der Waals surface area contributed by atoms with Crippen LogP contribution in [0.1, 0.15) is 44.6 Å². The highest BCUT2D eigenvalue weighted by Crippen LogP contribution is 2.54. The smallest absolute Gasteiger partial charge is 0.269 e. The SMILES string of the molecule is CCC1(CC)C(=O)CC1c1ccc([N+](=O)[O-])cc1. The number of benzene rings is 1. The fourth-order valence-electron chi connectivity index (χ4n) is 3.05. The first-order chi connectivity index (χ1) is 8.55. The summed E-state index contributed by atoms with van der Waals surface area (Å²) in [6.07, 6.45) is 2.24. The zero-order valence-corrected chi connectivity index (χ0v) is 10.7. The fourth-order valence-corrected chi connectivity index (χ4v) is 3.05.